The van der Waals surface area contributed by atoms with E-state index in [-0.39, 0.29) is 26.1 Å². The zero-order valence-corrected chi connectivity index (χ0v) is 9.33. The zero-order valence-electron chi connectivity index (χ0n) is 9.33. The van der Waals surface area contributed by atoms with Gasteiger partial charge in [0.1, 0.15) is 26.1 Å². The van der Waals surface area contributed by atoms with E-state index in [1.54, 1.807) is 0 Å². The lowest BCUT2D eigenvalue weighted by atomic mass is 10.2. The van der Waals surface area contributed by atoms with Gasteiger partial charge in [0.15, 0.2) is 0 Å². The van der Waals surface area contributed by atoms with Crippen LogP contribution in [0.5, 0.6) is 0 Å². The first kappa shape index (κ1) is 11.9. The largest absolute Gasteiger partial charge is 0.508 e. The quantitative estimate of drug-likeness (QED) is 0.747. The molecule has 0 amide bonds. The Hall–Kier alpha value is -1.59. The van der Waals surface area contributed by atoms with Crippen LogP contribution in [0.4, 0.5) is 4.79 Å². The summed E-state index contributed by atoms with van der Waals surface area (Å²) in [5.74, 6) is 0. The smallest absolute Gasteiger partial charge is 0.431 e. The Morgan fingerprint density at radius 2 is 2.12 bits per heavy atom. The van der Waals surface area contributed by atoms with Crippen LogP contribution >= 0.6 is 0 Å². The van der Waals surface area contributed by atoms with Crippen LogP contribution in [-0.4, -0.2) is 32.3 Å². The van der Waals surface area contributed by atoms with Crippen molar-refractivity contribution in [3.63, 3.8) is 0 Å². The monoisotopic (exact) mass is 238 g/mol. The Balaban J connectivity index is 1.64. The second-order valence-corrected chi connectivity index (χ2v) is 3.61. The van der Waals surface area contributed by atoms with E-state index in [2.05, 4.69) is 0 Å². The molecule has 1 fully saturated rings. The molecular formula is C12H14O5. The predicted octanol–water partition coefficient (Wildman–Crippen LogP) is 1.71. The van der Waals surface area contributed by atoms with Crippen LogP contribution in [0.1, 0.15) is 5.56 Å². The van der Waals surface area contributed by atoms with Gasteiger partial charge in [-0.2, -0.15) is 0 Å². The molecular weight excluding hydrogens is 224 g/mol. The minimum absolute atomic E-state index is 0.160. The molecule has 1 atom stereocenters. The zero-order chi connectivity index (χ0) is 11.9. The van der Waals surface area contributed by atoms with Gasteiger partial charge in [-0.1, -0.05) is 30.3 Å². The molecule has 1 aliphatic rings. The number of rotatable bonds is 4. The molecule has 2 rings (SSSR count). The molecule has 92 valence electrons. The normalized spacial score (nSPS) is 18.9. The first-order valence-corrected chi connectivity index (χ1v) is 5.37. The molecule has 0 aromatic heterocycles. The first-order chi connectivity index (χ1) is 8.34. The molecule has 5 nitrogen and oxygen atoms in total. The lowest BCUT2D eigenvalue weighted by Crippen LogP contribution is -2.20. The van der Waals surface area contributed by atoms with Gasteiger partial charge in [0.05, 0.1) is 6.61 Å². The third-order valence-corrected chi connectivity index (χ3v) is 2.28. The highest BCUT2D eigenvalue weighted by atomic mass is 16.7. The van der Waals surface area contributed by atoms with Crippen LogP contribution in [0.15, 0.2) is 30.3 Å². The van der Waals surface area contributed by atoms with Crippen LogP contribution in [0.2, 0.25) is 0 Å². The second-order valence-electron chi connectivity index (χ2n) is 3.61. The fourth-order valence-corrected chi connectivity index (χ4v) is 1.39. The van der Waals surface area contributed by atoms with Gasteiger partial charge >= 0.3 is 6.16 Å². The highest BCUT2D eigenvalue weighted by Crippen LogP contribution is 2.05. The average Bonchev–Trinajstić information content (AvgIpc) is 2.88. The van der Waals surface area contributed by atoms with Gasteiger partial charge < -0.3 is 18.9 Å². The van der Waals surface area contributed by atoms with Gasteiger partial charge in [-0.3, -0.25) is 0 Å². The van der Waals surface area contributed by atoms with Gasteiger partial charge in [0.25, 0.3) is 0 Å². The van der Waals surface area contributed by atoms with Gasteiger partial charge in [-0.05, 0) is 5.56 Å². The van der Waals surface area contributed by atoms with Crippen molar-refractivity contribution in [2.45, 2.75) is 12.7 Å². The van der Waals surface area contributed by atoms with Crippen LogP contribution in [-0.2, 0) is 25.6 Å². The van der Waals surface area contributed by atoms with Crippen molar-refractivity contribution in [1.82, 2.24) is 0 Å². The fraction of sp³-hybridized carbons (Fsp3) is 0.417. The lowest BCUT2D eigenvalue weighted by Gasteiger charge is -2.09. The Morgan fingerprint density at radius 1 is 1.29 bits per heavy atom. The standard InChI is InChI=1S/C12H14O5/c13-12(16-8-11-7-14-9-17-11)15-6-10-4-2-1-3-5-10/h1-5,11H,6-9H2. The minimum atomic E-state index is -0.690. The molecule has 17 heavy (non-hydrogen) atoms. The first-order valence-electron chi connectivity index (χ1n) is 5.37. The molecule has 1 saturated heterocycles. The molecule has 0 saturated carbocycles. The topological polar surface area (TPSA) is 54.0 Å². The maximum atomic E-state index is 11.2. The summed E-state index contributed by atoms with van der Waals surface area (Å²) in [6, 6.07) is 9.42. The van der Waals surface area contributed by atoms with E-state index >= 15 is 0 Å². The molecule has 5 heteroatoms. The van der Waals surface area contributed by atoms with Crippen molar-refractivity contribution >= 4 is 6.16 Å². The third-order valence-electron chi connectivity index (χ3n) is 2.28. The van der Waals surface area contributed by atoms with E-state index in [0.29, 0.717) is 6.61 Å². The molecule has 1 heterocycles. The molecule has 0 aliphatic carbocycles. The molecule has 1 aromatic rings. The lowest BCUT2D eigenvalue weighted by molar-refractivity contribution is -0.00116. The Bertz CT molecular complexity index is 345. The highest BCUT2D eigenvalue weighted by molar-refractivity contribution is 5.59. The van der Waals surface area contributed by atoms with Crippen molar-refractivity contribution in [2.75, 3.05) is 20.0 Å². The van der Waals surface area contributed by atoms with Crippen molar-refractivity contribution in [2.24, 2.45) is 0 Å². The summed E-state index contributed by atoms with van der Waals surface area (Å²) in [5, 5.41) is 0. The summed E-state index contributed by atoms with van der Waals surface area (Å²) >= 11 is 0. The summed E-state index contributed by atoms with van der Waals surface area (Å²) in [6.07, 6.45) is -0.872. The van der Waals surface area contributed by atoms with Gasteiger partial charge in [-0.15, -0.1) is 0 Å². The fourth-order valence-electron chi connectivity index (χ4n) is 1.39. The second kappa shape index (κ2) is 6.22. The minimum Gasteiger partial charge on any atom is -0.431 e. The highest BCUT2D eigenvalue weighted by Gasteiger charge is 2.18. The summed E-state index contributed by atoms with van der Waals surface area (Å²) in [6.45, 7) is 1.08. The summed E-state index contributed by atoms with van der Waals surface area (Å²) in [7, 11) is 0. The van der Waals surface area contributed by atoms with E-state index in [0.717, 1.165) is 5.56 Å². The summed E-state index contributed by atoms with van der Waals surface area (Å²) in [4.78, 5) is 11.2. The van der Waals surface area contributed by atoms with Crippen molar-refractivity contribution < 1.29 is 23.7 Å². The maximum Gasteiger partial charge on any atom is 0.508 e. The number of carbonyl (C=O) groups is 1. The summed E-state index contributed by atoms with van der Waals surface area (Å²) < 4.78 is 19.9. The molecule has 1 aromatic carbocycles. The van der Waals surface area contributed by atoms with Crippen molar-refractivity contribution in [3.05, 3.63) is 35.9 Å². The van der Waals surface area contributed by atoms with E-state index in [1.807, 2.05) is 30.3 Å². The van der Waals surface area contributed by atoms with Gasteiger partial charge in [0, 0.05) is 0 Å². The summed E-state index contributed by atoms with van der Waals surface area (Å²) in [5.41, 5.74) is 0.921. The molecule has 0 N–H and O–H groups in total. The van der Waals surface area contributed by atoms with Crippen LogP contribution < -0.4 is 0 Å². The van der Waals surface area contributed by atoms with Crippen molar-refractivity contribution in [3.8, 4) is 0 Å². The maximum absolute atomic E-state index is 11.2. The van der Waals surface area contributed by atoms with Gasteiger partial charge in [0.2, 0.25) is 0 Å². The van der Waals surface area contributed by atoms with Crippen molar-refractivity contribution in [1.29, 1.82) is 0 Å². The van der Waals surface area contributed by atoms with Crippen LogP contribution in [0.3, 0.4) is 0 Å². The van der Waals surface area contributed by atoms with E-state index in [4.69, 9.17) is 18.9 Å². The van der Waals surface area contributed by atoms with Gasteiger partial charge in [-0.25, -0.2) is 4.79 Å². The Morgan fingerprint density at radius 3 is 2.82 bits per heavy atom. The van der Waals surface area contributed by atoms with E-state index in [9.17, 15) is 4.79 Å². The number of hydrogen-bond donors (Lipinski definition) is 0. The molecule has 0 spiro atoms. The molecule has 1 aliphatic heterocycles. The number of ether oxygens (including phenoxy) is 4. The van der Waals surface area contributed by atoms with Crippen LogP contribution in [0.25, 0.3) is 0 Å². The van der Waals surface area contributed by atoms with E-state index < -0.39 is 6.16 Å². The van der Waals surface area contributed by atoms with E-state index in [1.165, 1.54) is 0 Å². The number of carbonyl (C=O) groups excluding carboxylic acids is 1. The molecule has 0 bridgehead atoms. The molecule has 0 radical (unpaired) electrons. The number of hydrogen-bond acceptors (Lipinski definition) is 5. The average molecular weight is 238 g/mol. The Kier molecular flexibility index (Phi) is 4.35. The molecule has 1 unspecified atom stereocenters. The Labute approximate surface area is 99.2 Å². The number of benzene rings is 1. The third kappa shape index (κ3) is 4.05. The predicted molar refractivity (Wildman–Crippen MR) is 58.3 cm³/mol. The SMILES string of the molecule is O=C(OCc1ccccc1)OCC1COCO1. The van der Waals surface area contributed by atoms with Crippen LogP contribution in [0, 0.1) is 0 Å².